The van der Waals surface area contributed by atoms with Crippen LogP contribution in [0, 0.1) is 19.8 Å². The first-order chi connectivity index (χ1) is 7.16. The zero-order valence-corrected chi connectivity index (χ0v) is 10.2. The summed E-state index contributed by atoms with van der Waals surface area (Å²) >= 11 is 1.84. The predicted molar refractivity (Wildman–Crippen MR) is 64.2 cm³/mol. The molecule has 0 bridgehead atoms. The molecule has 0 amide bonds. The molecule has 0 spiro atoms. The molecule has 0 aliphatic heterocycles. The zero-order chi connectivity index (χ0) is 10.8. The van der Waals surface area contributed by atoms with Gasteiger partial charge < -0.3 is 10.4 Å². The largest absolute Gasteiger partial charge is 0.392 e. The van der Waals surface area contributed by atoms with E-state index in [-0.39, 0.29) is 6.10 Å². The molecule has 1 aliphatic rings. The van der Waals surface area contributed by atoms with Crippen molar-refractivity contribution in [3.05, 3.63) is 21.4 Å². The number of rotatable bonds is 5. The molecule has 84 valence electrons. The minimum Gasteiger partial charge on any atom is -0.392 e. The van der Waals surface area contributed by atoms with Crippen LogP contribution in [0.3, 0.4) is 0 Å². The summed E-state index contributed by atoms with van der Waals surface area (Å²) in [5.41, 5.74) is 1.38. The van der Waals surface area contributed by atoms with Gasteiger partial charge in [0, 0.05) is 22.8 Å². The fourth-order valence-electron chi connectivity index (χ4n) is 1.86. The third kappa shape index (κ3) is 3.03. The van der Waals surface area contributed by atoms with Crippen LogP contribution in [-0.2, 0) is 6.54 Å². The molecular weight excluding hydrogens is 206 g/mol. The predicted octanol–water partition coefficient (Wildman–Crippen LogP) is 2.23. The number of thiophene rings is 1. The van der Waals surface area contributed by atoms with Gasteiger partial charge in [0.1, 0.15) is 0 Å². The number of aliphatic hydroxyl groups is 1. The van der Waals surface area contributed by atoms with Crippen molar-refractivity contribution in [2.24, 2.45) is 5.92 Å². The second-order valence-corrected chi connectivity index (χ2v) is 5.93. The Morgan fingerprint density at radius 1 is 1.53 bits per heavy atom. The first kappa shape index (κ1) is 11.1. The van der Waals surface area contributed by atoms with Crippen LogP contribution >= 0.6 is 11.3 Å². The van der Waals surface area contributed by atoms with Crippen LogP contribution in [0.2, 0.25) is 0 Å². The molecule has 2 N–H and O–H groups in total. The van der Waals surface area contributed by atoms with Gasteiger partial charge in [0.25, 0.3) is 0 Å². The van der Waals surface area contributed by atoms with E-state index >= 15 is 0 Å². The van der Waals surface area contributed by atoms with Gasteiger partial charge in [-0.05, 0) is 44.2 Å². The molecule has 15 heavy (non-hydrogen) atoms. The summed E-state index contributed by atoms with van der Waals surface area (Å²) in [5, 5.41) is 13.0. The van der Waals surface area contributed by atoms with Crippen molar-refractivity contribution < 1.29 is 5.11 Å². The van der Waals surface area contributed by atoms with Crippen molar-refractivity contribution in [1.29, 1.82) is 0 Å². The quantitative estimate of drug-likeness (QED) is 0.805. The number of hydrogen-bond donors (Lipinski definition) is 2. The summed E-state index contributed by atoms with van der Waals surface area (Å²) in [6.45, 7) is 5.92. The molecule has 1 aliphatic carbocycles. The summed E-state index contributed by atoms with van der Waals surface area (Å²) < 4.78 is 0. The van der Waals surface area contributed by atoms with Crippen LogP contribution < -0.4 is 5.32 Å². The lowest BCUT2D eigenvalue weighted by Gasteiger charge is -2.10. The highest BCUT2D eigenvalue weighted by Crippen LogP contribution is 2.32. The molecule has 0 radical (unpaired) electrons. The van der Waals surface area contributed by atoms with E-state index in [0.717, 1.165) is 13.1 Å². The highest BCUT2D eigenvalue weighted by molar-refractivity contribution is 7.12. The van der Waals surface area contributed by atoms with Crippen LogP contribution in [0.25, 0.3) is 0 Å². The molecule has 3 heteroatoms. The smallest absolute Gasteiger partial charge is 0.0692 e. The topological polar surface area (TPSA) is 32.3 Å². The van der Waals surface area contributed by atoms with Crippen molar-refractivity contribution in [2.45, 2.75) is 39.3 Å². The lowest BCUT2D eigenvalue weighted by Crippen LogP contribution is -2.27. The maximum atomic E-state index is 9.68. The van der Waals surface area contributed by atoms with E-state index < -0.39 is 0 Å². The van der Waals surface area contributed by atoms with E-state index in [2.05, 4.69) is 25.2 Å². The van der Waals surface area contributed by atoms with Crippen molar-refractivity contribution in [2.75, 3.05) is 6.54 Å². The summed E-state index contributed by atoms with van der Waals surface area (Å²) in [4.78, 5) is 2.76. The first-order valence-electron chi connectivity index (χ1n) is 5.61. The molecule has 2 nitrogen and oxygen atoms in total. The van der Waals surface area contributed by atoms with Gasteiger partial charge >= 0.3 is 0 Å². The van der Waals surface area contributed by atoms with Gasteiger partial charge in [-0.15, -0.1) is 11.3 Å². The summed E-state index contributed by atoms with van der Waals surface area (Å²) in [6, 6.07) is 2.23. The van der Waals surface area contributed by atoms with Crippen LogP contribution in [0.15, 0.2) is 6.07 Å². The van der Waals surface area contributed by atoms with Gasteiger partial charge in [-0.1, -0.05) is 0 Å². The average Bonchev–Trinajstić information content (AvgIpc) is 2.94. The van der Waals surface area contributed by atoms with Gasteiger partial charge in [-0.3, -0.25) is 0 Å². The van der Waals surface area contributed by atoms with E-state index in [1.165, 1.54) is 28.2 Å². The molecule has 1 aromatic rings. The average molecular weight is 225 g/mol. The molecule has 1 unspecified atom stereocenters. The molecular formula is C12H19NOS. The van der Waals surface area contributed by atoms with E-state index in [1.807, 2.05) is 11.3 Å². The Kier molecular flexibility index (Phi) is 3.44. The fraction of sp³-hybridized carbons (Fsp3) is 0.667. The van der Waals surface area contributed by atoms with E-state index in [1.54, 1.807) is 0 Å². The molecule has 0 aromatic carbocycles. The Labute approximate surface area is 95.3 Å². The molecule has 1 aromatic heterocycles. The Balaban J connectivity index is 1.75. The number of aryl methyl sites for hydroxylation is 2. The van der Waals surface area contributed by atoms with Gasteiger partial charge in [-0.25, -0.2) is 0 Å². The Morgan fingerprint density at radius 3 is 2.80 bits per heavy atom. The molecule has 1 atom stereocenters. The fourth-order valence-corrected chi connectivity index (χ4v) is 2.81. The highest BCUT2D eigenvalue weighted by Gasteiger charge is 2.29. The van der Waals surface area contributed by atoms with Crippen LogP contribution in [0.5, 0.6) is 0 Å². The van der Waals surface area contributed by atoms with Crippen LogP contribution in [-0.4, -0.2) is 17.8 Å². The Morgan fingerprint density at radius 2 is 2.27 bits per heavy atom. The standard InChI is InChI=1S/C12H19NOS/c1-8-5-11(9(2)15-8)6-13-7-12(14)10-3-4-10/h5,10,12-14H,3-4,6-7H2,1-2H3. The van der Waals surface area contributed by atoms with Crippen molar-refractivity contribution in [3.63, 3.8) is 0 Å². The van der Waals surface area contributed by atoms with Crippen molar-refractivity contribution in [1.82, 2.24) is 5.32 Å². The third-order valence-corrected chi connectivity index (χ3v) is 3.99. The third-order valence-electron chi connectivity index (χ3n) is 2.98. The molecule has 1 saturated carbocycles. The number of hydrogen-bond acceptors (Lipinski definition) is 3. The summed E-state index contributed by atoms with van der Waals surface area (Å²) in [5.74, 6) is 0.572. The van der Waals surface area contributed by atoms with Gasteiger partial charge in [0.2, 0.25) is 0 Å². The minimum absolute atomic E-state index is 0.134. The second kappa shape index (κ2) is 4.64. The molecule has 1 heterocycles. The first-order valence-corrected chi connectivity index (χ1v) is 6.43. The van der Waals surface area contributed by atoms with Crippen molar-refractivity contribution in [3.8, 4) is 0 Å². The zero-order valence-electron chi connectivity index (χ0n) is 9.42. The Hall–Kier alpha value is -0.380. The normalized spacial score (nSPS) is 18.1. The van der Waals surface area contributed by atoms with E-state index in [4.69, 9.17) is 0 Å². The second-order valence-electron chi connectivity index (χ2n) is 4.47. The monoisotopic (exact) mass is 225 g/mol. The summed E-state index contributed by atoms with van der Waals surface area (Å²) in [6.07, 6.45) is 2.28. The van der Waals surface area contributed by atoms with E-state index in [9.17, 15) is 5.11 Å². The number of aliphatic hydroxyl groups excluding tert-OH is 1. The van der Waals surface area contributed by atoms with Crippen LogP contribution in [0.1, 0.15) is 28.2 Å². The van der Waals surface area contributed by atoms with Gasteiger partial charge in [-0.2, -0.15) is 0 Å². The minimum atomic E-state index is -0.134. The van der Waals surface area contributed by atoms with Crippen molar-refractivity contribution >= 4 is 11.3 Å². The van der Waals surface area contributed by atoms with E-state index in [0.29, 0.717) is 5.92 Å². The van der Waals surface area contributed by atoms with Gasteiger partial charge in [0.05, 0.1) is 6.10 Å². The SMILES string of the molecule is Cc1cc(CNCC(O)C2CC2)c(C)s1. The number of nitrogens with one attached hydrogen (secondary N) is 1. The maximum absolute atomic E-state index is 9.68. The Bertz CT molecular complexity index is 330. The lowest BCUT2D eigenvalue weighted by atomic mass is 10.2. The lowest BCUT2D eigenvalue weighted by molar-refractivity contribution is 0.148. The highest BCUT2D eigenvalue weighted by atomic mass is 32.1. The van der Waals surface area contributed by atoms with Gasteiger partial charge in [0.15, 0.2) is 0 Å². The van der Waals surface area contributed by atoms with Crippen LogP contribution in [0.4, 0.5) is 0 Å². The molecule has 0 saturated heterocycles. The molecule has 2 rings (SSSR count). The summed E-state index contributed by atoms with van der Waals surface area (Å²) in [7, 11) is 0. The maximum Gasteiger partial charge on any atom is 0.0692 e. The molecule has 1 fully saturated rings.